The van der Waals surface area contributed by atoms with Crippen LogP contribution >= 0.6 is 0 Å². The van der Waals surface area contributed by atoms with Crippen LogP contribution in [0.15, 0.2) is 6.20 Å². The Kier molecular flexibility index (Phi) is 3.57. The second kappa shape index (κ2) is 4.81. The number of rotatable bonds is 2. The van der Waals surface area contributed by atoms with Crippen molar-refractivity contribution >= 4 is 0 Å². The summed E-state index contributed by atoms with van der Waals surface area (Å²) in [5.74, 6) is 0.827. The molecule has 0 unspecified atom stereocenters. The summed E-state index contributed by atoms with van der Waals surface area (Å²) in [5.41, 5.74) is 3.05. The lowest BCUT2D eigenvalue weighted by molar-refractivity contribution is 0.363. The van der Waals surface area contributed by atoms with Gasteiger partial charge in [0.15, 0.2) is 0 Å². The third-order valence-corrected chi connectivity index (χ3v) is 3.81. The zero-order valence-corrected chi connectivity index (χ0v) is 11.6. The minimum Gasteiger partial charge on any atom is -0.317 e. The molecule has 1 aliphatic rings. The number of hydrogen-bond acceptors (Lipinski definition) is 2. The van der Waals surface area contributed by atoms with Crippen LogP contribution < -0.4 is 5.32 Å². The van der Waals surface area contributed by atoms with Crippen LogP contribution in [0.25, 0.3) is 0 Å². The molecule has 3 nitrogen and oxygen atoms in total. The molecule has 3 heteroatoms. The fourth-order valence-corrected chi connectivity index (χ4v) is 2.69. The summed E-state index contributed by atoms with van der Waals surface area (Å²) in [6.45, 7) is 9.17. The Morgan fingerprint density at radius 3 is 2.59 bits per heavy atom. The third-order valence-electron chi connectivity index (χ3n) is 3.81. The van der Waals surface area contributed by atoms with Crippen molar-refractivity contribution in [1.29, 1.82) is 0 Å². The zero-order chi connectivity index (χ0) is 12.5. The van der Waals surface area contributed by atoms with Gasteiger partial charge in [0.1, 0.15) is 0 Å². The van der Waals surface area contributed by atoms with E-state index >= 15 is 0 Å². The molecule has 0 spiro atoms. The fraction of sp³-hybridized carbons (Fsp3) is 0.786. The van der Waals surface area contributed by atoms with Crippen molar-refractivity contribution in [3.8, 4) is 0 Å². The van der Waals surface area contributed by atoms with Crippen LogP contribution in [0.5, 0.6) is 0 Å². The molecule has 0 saturated carbocycles. The van der Waals surface area contributed by atoms with Gasteiger partial charge in [-0.2, -0.15) is 5.10 Å². The average Bonchev–Trinajstić information content (AvgIpc) is 2.62. The first-order valence-corrected chi connectivity index (χ1v) is 6.70. The largest absolute Gasteiger partial charge is 0.317 e. The van der Waals surface area contributed by atoms with E-state index in [2.05, 4.69) is 49.1 Å². The van der Waals surface area contributed by atoms with Crippen LogP contribution in [0.3, 0.4) is 0 Å². The average molecular weight is 235 g/mol. The van der Waals surface area contributed by atoms with Crippen molar-refractivity contribution < 1.29 is 0 Å². The highest BCUT2D eigenvalue weighted by Gasteiger charge is 2.24. The van der Waals surface area contributed by atoms with Gasteiger partial charge in [-0.05, 0) is 49.2 Å². The summed E-state index contributed by atoms with van der Waals surface area (Å²) in [6, 6.07) is 0. The van der Waals surface area contributed by atoms with Crippen LogP contribution in [0, 0.1) is 5.92 Å². The molecule has 2 rings (SSSR count). The van der Waals surface area contributed by atoms with Gasteiger partial charge < -0.3 is 5.32 Å². The second-order valence-corrected chi connectivity index (χ2v) is 6.28. The first-order chi connectivity index (χ1) is 7.98. The molecule has 0 bridgehead atoms. The van der Waals surface area contributed by atoms with Crippen molar-refractivity contribution in [2.45, 2.75) is 45.4 Å². The predicted molar refractivity (Wildman–Crippen MR) is 71.2 cm³/mol. The molecule has 0 aromatic carbocycles. The number of hydrogen-bond donors (Lipinski definition) is 1. The van der Waals surface area contributed by atoms with E-state index in [1.54, 1.807) is 0 Å². The lowest BCUT2D eigenvalue weighted by Crippen LogP contribution is -2.29. The van der Waals surface area contributed by atoms with Crippen molar-refractivity contribution in [1.82, 2.24) is 15.1 Å². The van der Waals surface area contributed by atoms with Crippen LogP contribution in [0.1, 0.15) is 44.9 Å². The Bertz CT molecular complexity index is 367. The predicted octanol–water partition coefficient (Wildman–Crippen LogP) is 2.26. The maximum atomic E-state index is 4.45. The number of nitrogens with one attached hydrogen (secondary N) is 1. The van der Waals surface area contributed by atoms with E-state index in [1.807, 2.05) is 0 Å². The van der Waals surface area contributed by atoms with Gasteiger partial charge in [-0.1, -0.05) is 20.8 Å². The van der Waals surface area contributed by atoms with Crippen molar-refractivity contribution in [3.63, 3.8) is 0 Å². The van der Waals surface area contributed by atoms with E-state index in [0.717, 1.165) is 5.92 Å². The van der Waals surface area contributed by atoms with Gasteiger partial charge in [-0.3, -0.25) is 4.68 Å². The van der Waals surface area contributed by atoms with Crippen LogP contribution in [-0.2, 0) is 18.9 Å². The zero-order valence-electron chi connectivity index (χ0n) is 11.6. The van der Waals surface area contributed by atoms with Gasteiger partial charge in [0, 0.05) is 12.7 Å². The van der Waals surface area contributed by atoms with E-state index in [0.29, 0.717) is 0 Å². The van der Waals surface area contributed by atoms with Crippen molar-refractivity contribution in [2.75, 3.05) is 13.1 Å². The number of piperidine rings is 1. The Labute approximate surface area is 105 Å². The van der Waals surface area contributed by atoms with E-state index in [-0.39, 0.29) is 5.41 Å². The summed E-state index contributed by atoms with van der Waals surface area (Å²) in [4.78, 5) is 0. The molecule has 1 saturated heterocycles. The van der Waals surface area contributed by atoms with Crippen LogP contribution in [0.2, 0.25) is 0 Å². The van der Waals surface area contributed by atoms with Gasteiger partial charge in [-0.25, -0.2) is 0 Å². The minimum atomic E-state index is 0.205. The Morgan fingerprint density at radius 2 is 2.00 bits per heavy atom. The smallest absolute Gasteiger partial charge is 0.0529 e. The summed E-state index contributed by atoms with van der Waals surface area (Å²) in [7, 11) is 2.08. The monoisotopic (exact) mass is 235 g/mol. The molecule has 96 valence electrons. The molecule has 2 heterocycles. The molecular formula is C14H25N3. The Hall–Kier alpha value is -0.830. The molecule has 1 fully saturated rings. The molecule has 1 aromatic heterocycles. The first-order valence-electron chi connectivity index (χ1n) is 6.70. The third kappa shape index (κ3) is 2.89. The summed E-state index contributed by atoms with van der Waals surface area (Å²) in [5, 5.41) is 7.88. The molecule has 1 aromatic rings. The molecule has 17 heavy (non-hydrogen) atoms. The molecule has 0 radical (unpaired) electrons. The van der Waals surface area contributed by atoms with Crippen molar-refractivity contribution in [2.24, 2.45) is 13.0 Å². The maximum absolute atomic E-state index is 4.45. The van der Waals surface area contributed by atoms with Crippen LogP contribution in [0.4, 0.5) is 0 Å². The van der Waals surface area contributed by atoms with Gasteiger partial charge in [0.05, 0.1) is 6.20 Å². The van der Waals surface area contributed by atoms with E-state index in [4.69, 9.17) is 0 Å². The molecule has 1 aliphatic heterocycles. The highest BCUT2D eigenvalue weighted by Crippen LogP contribution is 2.28. The number of aromatic nitrogens is 2. The quantitative estimate of drug-likeness (QED) is 0.852. The maximum Gasteiger partial charge on any atom is 0.0529 e. The second-order valence-electron chi connectivity index (χ2n) is 6.28. The molecule has 1 N–H and O–H groups in total. The summed E-state index contributed by atoms with van der Waals surface area (Å²) < 4.78 is 2.07. The Morgan fingerprint density at radius 1 is 1.35 bits per heavy atom. The van der Waals surface area contributed by atoms with E-state index < -0.39 is 0 Å². The minimum absolute atomic E-state index is 0.205. The summed E-state index contributed by atoms with van der Waals surface area (Å²) >= 11 is 0. The van der Waals surface area contributed by atoms with E-state index in [9.17, 15) is 0 Å². The van der Waals surface area contributed by atoms with Gasteiger partial charge in [0.2, 0.25) is 0 Å². The lowest BCUT2D eigenvalue weighted by atomic mass is 9.83. The molecule has 0 amide bonds. The first kappa shape index (κ1) is 12.6. The molecule has 0 aliphatic carbocycles. The van der Waals surface area contributed by atoms with Crippen molar-refractivity contribution in [3.05, 3.63) is 17.5 Å². The van der Waals surface area contributed by atoms with Gasteiger partial charge >= 0.3 is 0 Å². The molecular weight excluding hydrogens is 210 g/mol. The Balaban J connectivity index is 2.16. The SMILES string of the molecule is Cn1ncc(C(C)(C)C)c1CC1CCNCC1. The van der Waals surface area contributed by atoms with Gasteiger partial charge in [0.25, 0.3) is 0 Å². The van der Waals surface area contributed by atoms with Gasteiger partial charge in [-0.15, -0.1) is 0 Å². The summed E-state index contributed by atoms with van der Waals surface area (Å²) in [6.07, 6.45) is 5.84. The highest BCUT2D eigenvalue weighted by molar-refractivity contribution is 5.26. The lowest BCUT2D eigenvalue weighted by Gasteiger charge is -2.25. The number of aryl methyl sites for hydroxylation is 1. The van der Waals surface area contributed by atoms with Crippen LogP contribution in [-0.4, -0.2) is 22.9 Å². The normalized spacial score (nSPS) is 18.6. The standard InChI is InChI=1S/C14H25N3/c1-14(2,3)12-10-16-17(4)13(12)9-11-5-7-15-8-6-11/h10-11,15H,5-9H2,1-4H3. The topological polar surface area (TPSA) is 29.9 Å². The van der Waals surface area contributed by atoms with E-state index in [1.165, 1.54) is 43.6 Å². The fourth-order valence-electron chi connectivity index (χ4n) is 2.69. The molecule has 0 atom stereocenters. The number of nitrogens with zero attached hydrogens (tertiary/aromatic N) is 2. The highest BCUT2D eigenvalue weighted by atomic mass is 15.3.